The fourth-order valence-corrected chi connectivity index (χ4v) is 3.90. The van der Waals surface area contributed by atoms with Gasteiger partial charge in [0.2, 0.25) is 5.91 Å². The zero-order valence-electron chi connectivity index (χ0n) is 20.9. The Morgan fingerprint density at radius 3 is 2.36 bits per heavy atom. The van der Waals surface area contributed by atoms with Crippen LogP contribution in [0.4, 0.5) is 11.6 Å². The van der Waals surface area contributed by atoms with Crippen LogP contribution >= 0.6 is 11.6 Å². The molecule has 4 heterocycles. The number of nitrogens with zero attached hydrogens (tertiary/aromatic N) is 5. The van der Waals surface area contributed by atoms with Gasteiger partial charge in [0.25, 0.3) is 5.91 Å². The lowest BCUT2D eigenvalue weighted by Gasteiger charge is -2.14. The number of carbonyl (C=O) groups excluding carboxylic acids is 2. The maximum atomic E-state index is 12.8. The standard InChI is InChI=1S/C25H27ClN8O2/c1-12-14(3)34(6)23-21(12)29-15(4)30-22(23)16-9-19(32-24(35)13(2)27-5)31-20(10-16)33-25(36)18-8-7-17(26)11-28-18/h7-11,13,27H,1-6H3,(H2,31,32,33,35,36). The monoisotopic (exact) mass is 506 g/mol. The van der Waals surface area contributed by atoms with Gasteiger partial charge in [-0.3, -0.25) is 9.59 Å². The number of rotatable bonds is 6. The van der Waals surface area contributed by atoms with Gasteiger partial charge >= 0.3 is 0 Å². The van der Waals surface area contributed by atoms with Crippen LogP contribution < -0.4 is 16.0 Å². The third-order valence-electron chi connectivity index (χ3n) is 6.11. The topological polar surface area (TPSA) is 127 Å². The number of aromatic nitrogens is 5. The number of pyridine rings is 2. The van der Waals surface area contributed by atoms with E-state index < -0.39 is 11.9 Å². The second-order valence-electron chi connectivity index (χ2n) is 8.53. The van der Waals surface area contributed by atoms with Crippen molar-refractivity contribution in [2.24, 2.45) is 7.05 Å². The summed E-state index contributed by atoms with van der Waals surface area (Å²) in [5.74, 6) is 0.369. The summed E-state index contributed by atoms with van der Waals surface area (Å²) in [6.45, 7) is 7.62. The first-order valence-electron chi connectivity index (χ1n) is 11.3. The SMILES string of the molecule is CNC(C)C(=O)Nc1cc(-c2nc(C)nc3c(C)c(C)n(C)c23)cc(NC(=O)c2ccc(Cl)cn2)n1. The number of nitrogens with one attached hydrogen (secondary N) is 3. The van der Waals surface area contributed by atoms with Crippen LogP contribution in [-0.4, -0.2) is 49.4 Å². The summed E-state index contributed by atoms with van der Waals surface area (Å²) in [6, 6.07) is 6.10. The molecule has 11 heteroatoms. The van der Waals surface area contributed by atoms with Gasteiger partial charge in [0.15, 0.2) is 0 Å². The van der Waals surface area contributed by atoms with Gasteiger partial charge in [-0.1, -0.05) is 11.6 Å². The molecule has 4 aromatic rings. The molecule has 0 radical (unpaired) electrons. The van der Waals surface area contributed by atoms with E-state index in [1.165, 1.54) is 12.3 Å². The quantitative estimate of drug-likeness (QED) is 0.363. The molecular formula is C25H27ClN8O2. The number of carbonyl (C=O) groups is 2. The summed E-state index contributed by atoms with van der Waals surface area (Å²) in [5, 5.41) is 8.90. The van der Waals surface area contributed by atoms with Crippen molar-refractivity contribution in [2.45, 2.75) is 33.7 Å². The Balaban J connectivity index is 1.85. The van der Waals surface area contributed by atoms with E-state index in [2.05, 4.69) is 30.9 Å². The minimum atomic E-state index is -0.466. The van der Waals surface area contributed by atoms with Crippen LogP contribution in [-0.2, 0) is 11.8 Å². The molecule has 1 unspecified atom stereocenters. The highest BCUT2D eigenvalue weighted by Crippen LogP contribution is 2.33. The molecule has 0 aliphatic heterocycles. The second-order valence-corrected chi connectivity index (χ2v) is 8.96. The molecule has 4 rings (SSSR count). The zero-order chi connectivity index (χ0) is 26.1. The van der Waals surface area contributed by atoms with Crippen molar-refractivity contribution in [3.05, 3.63) is 58.3 Å². The molecule has 186 valence electrons. The van der Waals surface area contributed by atoms with Crippen molar-refractivity contribution < 1.29 is 9.59 Å². The Hall–Kier alpha value is -3.89. The average Bonchev–Trinajstić information content (AvgIpc) is 3.06. The van der Waals surface area contributed by atoms with Crippen molar-refractivity contribution in [1.29, 1.82) is 0 Å². The lowest BCUT2D eigenvalue weighted by molar-refractivity contribution is -0.117. The maximum absolute atomic E-state index is 12.8. The number of hydrogen-bond acceptors (Lipinski definition) is 7. The van der Waals surface area contributed by atoms with E-state index in [0.717, 1.165) is 22.3 Å². The molecule has 0 bridgehead atoms. The van der Waals surface area contributed by atoms with E-state index in [4.69, 9.17) is 16.6 Å². The van der Waals surface area contributed by atoms with E-state index in [-0.39, 0.29) is 23.2 Å². The highest BCUT2D eigenvalue weighted by molar-refractivity contribution is 6.30. The Morgan fingerprint density at radius 1 is 1.03 bits per heavy atom. The molecule has 0 aliphatic carbocycles. The molecule has 10 nitrogen and oxygen atoms in total. The smallest absolute Gasteiger partial charge is 0.275 e. The molecule has 1 atom stereocenters. The number of anilines is 2. The van der Waals surface area contributed by atoms with E-state index in [9.17, 15) is 9.59 Å². The Kier molecular flexibility index (Phi) is 7.00. The first-order valence-corrected chi connectivity index (χ1v) is 11.7. The third-order valence-corrected chi connectivity index (χ3v) is 6.33. The number of hydrogen-bond donors (Lipinski definition) is 3. The van der Waals surface area contributed by atoms with Crippen molar-refractivity contribution in [2.75, 3.05) is 17.7 Å². The van der Waals surface area contributed by atoms with Crippen LogP contribution in [0.3, 0.4) is 0 Å². The first kappa shape index (κ1) is 25.2. The molecule has 36 heavy (non-hydrogen) atoms. The van der Waals surface area contributed by atoms with Gasteiger partial charge in [0.05, 0.1) is 27.8 Å². The molecule has 0 saturated carbocycles. The van der Waals surface area contributed by atoms with Crippen molar-refractivity contribution in [1.82, 2.24) is 29.8 Å². The first-order chi connectivity index (χ1) is 17.1. The Labute approximate surface area is 213 Å². The van der Waals surface area contributed by atoms with Gasteiger partial charge in [-0.05, 0) is 64.6 Å². The normalized spacial score (nSPS) is 12.0. The van der Waals surface area contributed by atoms with Gasteiger partial charge in [0, 0.05) is 24.5 Å². The van der Waals surface area contributed by atoms with E-state index in [1.54, 1.807) is 32.2 Å². The lowest BCUT2D eigenvalue weighted by Crippen LogP contribution is -2.35. The van der Waals surface area contributed by atoms with Crippen LogP contribution in [0.15, 0.2) is 30.5 Å². The van der Waals surface area contributed by atoms with E-state index in [0.29, 0.717) is 22.1 Å². The second kappa shape index (κ2) is 10.00. The summed E-state index contributed by atoms with van der Waals surface area (Å²) >= 11 is 5.89. The largest absolute Gasteiger partial charge is 0.345 e. The van der Waals surface area contributed by atoms with Crippen molar-refractivity contribution >= 4 is 46.1 Å². The zero-order valence-corrected chi connectivity index (χ0v) is 21.7. The molecule has 2 amide bonds. The number of aryl methyl sites for hydroxylation is 3. The highest BCUT2D eigenvalue weighted by Gasteiger charge is 2.20. The third kappa shape index (κ3) is 4.91. The van der Waals surface area contributed by atoms with Gasteiger partial charge in [-0.25, -0.2) is 19.9 Å². The predicted molar refractivity (Wildman–Crippen MR) is 140 cm³/mol. The molecule has 3 N–H and O–H groups in total. The van der Waals surface area contributed by atoms with Crippen molar-refractivity contribution in [3.8, 4) is 11.3 Å². The summed E-state index contributed by atoms with van der Waals surface area (Å²) in [7, 11) is 3.65. The summed E-state index contributed by atoms with van der Waals surface area (Å²) in [5.41, 5.74) is 5.32. The lowest BCUT2D eigenvalue weighted by atomic mass is 10.1. The number of halogens is 1. The maximum Gasteiger partial charge on any atom is 0.275 e. The average molecular weight is 507 g/mol. The minimum Gasteiger partial charge on any atom is -0.345 e. The summed E-state index contributed by atoms with van der Waals surface area (Å²) in [6.07, 6.45) is 1.39. The molecule has 0 saturated heterocycles. The molecule has 0 aromatic carbocycles. The van der Waals surface area contributed by atoms with Crippen LogP contribution in [0.5, 0.6) is 0 Å². The minimum absolute atomic E-state index is 0.176. The van der Waals surface area contributed by atoms with Gasteiger partial charge < -0.3 is 20.5 Å². The van der Waals surface area contributed by atoms with Crippen molar-refractivity contribution in [3.63, 3.8) is 0 Å². The fourth-order valence-electron chi connectivity index (χ4n) is 3.79. The number of likely N-dealkylation sites (N-methyl/N-ethyl adjacent to an activating group) is 1. The summed E-state index contributed by atoms with van der Waals surface area (Å²) in [4.78, 5) is 43.3. The molecule has 0 aliphatic rings. The molecule has 4 aromatic heterocycles. The van der Waals surface area contributed by atoms with Gasteiger partial charge in [-0.15, -0.1) is 0 Å². The van der Waals surface area contributed by atoms with Crippen LogP contribution in [0, 0.1) is 20.8 Å². The summed E-state index contributed by atoms with van der Waals surface area (Å²) < 4.78 is 2.04. The van der Waals surface area contributed by atoms with Crippen LogP contribution in [0.2, 0.25) is 5.02 Å². The predicted octanol–water partition coefficient (Wildman–Crippen LogP) is 3.80. The molecule has 0 fully saturated rings. The molecular weight excluding hydrogens is 480 g/mol. The van der Waals surface area contributed by atoms with Crippen LogP contribution in [0.25, 0.3) is 22.3 Å². The van der Waals surface area contributed by atoms with Gasteiger partial charge in [0.1, 0.15) is 23.2 Å². The number of amides is 2. The van der Waals surface area contributed by atoms with Gasteiger partial charge in [-0.2, -0.15) is 0 Å². The van der Waals surface area contributed by atoms with E-state index >= 15 is 0 Å². The Bertz CT molecular complexity index is 1480. The van der Waals surface area contributed by atoms with E-state index in [1.807, 2.05) is 32.4 Å². The molecule has 0 spiro atoms. The number of fused-ring (bicyclic) bond motifs is 1. The highest BCUT2D eigenvalue weighted by atomic mass is 35.5. The Morgan fingerprint density at radius 2 is 1.72 bits per heavy atom. The van der Waals surface area contributed by atoms with Crippen LogP contribution in [0.1, 0.15) is 34.5 Å². The fraction of sp³-hybridized carbons (Fsp3) is 0.280.